The fraction of sp³-hybridized carbons (Fsp3) is 0.238. The van der Waals surface area contributed by atoms with Gasteiger partial charge in [-0.25, -0.2) is 4.98 Å². The number of rotatable bonds is 6. The maximum Gasteiger partial charge on any atom is 0.313 e. The lowest BCUT2D eigenvalue weighted by Gasteiger charge is -2.14. The molecule has 9 nitrogen and oxygen atoms in total. The van der Waals surface area contributed by atoms with Gasteiger partial charge in [0.05, 0.1) is 22.0 Å². The van der Waals surface area contributed by atoms with Crippen LogP contribution in [0.25, 0.3) is 10.9 Å². The first-order chi connectivity index (χ1) is 15.1. The highest BCUT2D eigenvalue weighted by Crippen LogP contribution is 2.34. The summed E-state index contributed by atoms with van der Waals surface area (Å²) in [6, 6.07) is 7.60. The molecular formula is C21H18BrClN4O5. The topological polar surface area (TPSA) is 117 Å². The minimum absolute atomic E-state index is 0.0455. The van der Waals surface area contributed by atoms with Crippen LogP contribution in [0.4, 0.5) is 5.69 Å². The van der Waals surface area contributed by atoms with E-state index < -0.39 is 22.1 Å². The maximum absolute atomic E-state index is 13.2. The number of ether oxygens (including phenoxy) is 1. The van der Waals surface area contributed by atoms with Gasteiger partial charge in [-0.05, 0) is 30.7 Å². The number of aromatic nitrogens is 2. The highest BCUT2D eigenvalue weighted by atomic mass is 79.9. The van der Waals surface area contributed by atoms with Crippen LogP contribution in [0.5, 0.6) is 5.75 Å². The minimum Gasteiger partial charge on any atom is -0.419 e. The molecule has 0 amide bonds. The number of carbonyl (C=O) groups excluding carboxylic acids is 1. The lowest BCUT2D eigenvalue weighted by atomic mass is 10.1. The number of hydrogen-bond acceptors (Lipinski definition) is 7. The lowest BCUT2D eigenvalue weighted by Crippen LogP contribution is -2.23. The number of nitro groups is 1. The number of nitro benzene ring substituents is 1. The molecule has 0 aliphatic rings. The molecule has 0 N–H and O–H groups in total. The number of fused-ring (bicyclic) bond motifs is 1. The Morgan fingerprint density at radius 1 is 1.41 bits per heavy atom. The minimum atomic E-state index is -0.750. The molecule has 1 atom stereocenters. The smallest absolute Gasteiger partial charge is 0.313 e. The van der Waals surface area contributed by atoms with Gasteiger partial charge in [-0.15, -0.1) is 0 Å². The zero-order chi connectivity index (χ0) is 23.6. The van der Waals surface area contributed by atoms with Crippen LogP contribution in [-0.2, 0) is 4.79 Å². The van der Waals surface area contributed by atoms with Gasteiger partial charge in [-0.3, -0.25) is 19.7 Å². The highest BCUT2D eigenvalue weighted by Gasteiger charge is 2.22. The summed E-state index contributed by atoms with van der Waals surface area (Å²) >= 11 is 9.37. The average Bonchev–Trinajstić information content (AvgIpc) is 2.73. The van der Waals surface area contributed by atoms with E-state index in [1.54, 1.807) is 18.2 Å². The van der Waals surface area contributed by atoms with E-state index >= 15 is 0 Å². The second kappa shape index (κ2) is 9.58. The van der Waals surface area contributed by atoms with Crippen LogP contribution in [0.2, 0.25) is 5.02 Å². The lowest BCUT2D eigenvalue weighted by molar-refractivity contribution is -0.385. The molecule has 1 heterocycles. The molecule has 0 spiro atoms. The average molecular weight is 522 g/mol. The van der Waals surface area contributed by atoms with E-state index in [1.807, 2.05) is 13.8 Å². The van der Waals surface area contributed by atoms with Crippen molar-refractivity contribution in [2.75, 3.05) is 0 Å². The van der Waals surface area contributed by atoms with Crippen LogP contribution in [0.15, 0.2) is 44.7 Å². The van der Waals surface area contributed by atoms with E-state index in [0.29, 0.717) is 27.6 Å². The predicted octanol–water partition coefficient (Wildman–Crippen LogP) is 5.04. The number of benzene rings is 2. The Morgan fingerprint density at radius 3 is 2.75 bits per heavy atom. The van der Waals surface area contributed by atoms with E-state index in [2.05, 4.69) is 26.0 Å². The summed E-state index contributed by atoms with van der Waals surface area (Å²) in [5, 5.41) is 16.1. The van der Waals surface area contributed by atoms with Gasteiger partial charge in [0.1, 0.15) is 5.82 Å². The summed E-state index contributed by atoms with van der Waals surface area (Å²) in [6.07, 6.45) is 1.89. The third kappa shape index (κ3) is 4.86. The van der Waals surface area contributed by atoms with Gasteiger partial charge in [-0.1, -0.05) is 41.4 Å². The van der Waals surface area contributed by atoms with Crippen molar-refractivity contribution in [2.45, 2.75) is 33.1 Å². The first-order valence-electron chi connectivity index (χ1n) is 9.55. The molecule has 0 fully saturated rings. The number of halogens is 2. The van der Waals surface area contributed by atoms with Crippen molar-refractivity contribution in [2.24, 2.45) is 5.10 Å². The van der Waals surface area contributed by atoms with Crippen LogP contribution < -0.4 is 10.3 Å². The molecule has 3 aromatic rings. The zero-order valence-electron chi connectivity index (χ0n) is 17.3. The molecule has 0 radical (unpaired) electrons. The Kier molecular flexibility index (Phi) is 7.05. The fourth-order valence-corrected chi connectivity index (χ4v) is 3.57. The molecular weight excluding hydrogens is 504 g/mol. The largest absolute Gasteiger partial charge is 0.419 e. The van der Waals surface area contributed by atoms with Gasteiger partial charge >= 0.3 is 11.7 Å². The van der Waals surface area contributed by atoms with Crippen LogP contribution in [-0.4, -0.2) is 26.8 Å². The van der Waals surface area contributed by atoms with E-state index in [1.165, 1.54) is 12.3 Å². The Morgan fingerprint density at radius 2 is 2.12 bits per heavy atom. The Bertz CT molecular complexity index is 1320. The Hall–Kier alpha value is -3.11. The van der Waals surface area contributed by atoms with Crippen LogP contribution in [0.3, 0.4) is 0 Å². The second-order valence-corrected chi connectivity index (χ2v) is 8.35. The number of esters is 1. The van der Waals surface area contributed by atoms with Crippen molar-refractivity contribution in [3.05, 3.63) is 71.7 Å². The third-order valence-corrected chi connectivity index (χ3v) is 5.42. The molecule has 0 saturated carbocycles. The molecule has 0 aliphatic heterocycles. The number of hydrogen-bond donors (Lipinski definition) is 0. The summed E-state index contributed by atoms with van der Waals surface area (Å²) in [4.78, 5) is 40.1. The maximum atomic E-state index is 13.2. The van der Waals surface area contributed by atoms with Gasteiger partial charge in [0.15, 0.2) is 0 Å². The molecule has 1 aromatic heterocycles. The molecule has 11 heteroatoms. The number of nitrogens with zero attached hydrogens (tertiary/aromatic N) is 4. The van der Waals surface area contributed by atoms with Crippen molar-refractivity contribution in [3.63, 3.8) is 0 Å². The normalized spacial score (nSPS) is 12.3. The SMILES string of the molecule is CC[C@H](C)c1nc2ccc(Br)cc2c(=O)n1N=Cc1cc(Cl)cc([N+](=O)[O-])c1OC(C)=O. The molecule has 2 aromatic carbocycles. The van der Waals surface area contributed by atoms with Gasteiger partial charge in [0.2, 0.25) is 5.75 Å². The van der Waals surface area contributed by atoms with Crippen molar-refractivity contribution < 1.29 is 14.5 Å². The second-order valence-electron chi connectivity index (χ2n) is 7.00. The molecule has 32 heavy (non-hydrogen) atoms. The number of carbonyl (C=O) groups is 1. The van der Waals surface area contributed by atoms with E-state index in [-0.39, 0.29) is 22.3 Å². The van der Waals surface area contributed by atoms with E-state index in [4.69, 9.17) is 16.3 Å². The highest BCUT2D eigenvalue weighted by molar-refractivity contribution is 9.10. The van der Waals surface area contributed by atoms with Crippen molar-refractivity contribution >= 4 is 56.3 Å². The van der Waals surface area contributed by atoms with Crippen molar-refractivity contribution in [1.82, 2.24) is 9.66 Å². The predicted molar refractivity (Wildman–Crippen MR) is 125 cm³/mol. The molecule has 0 saturated heterocycles. The molecule has 0 unspecified atom stereocenters. The van der Waals surface area contributed by atoms with Gasteiger partial charge in [0.25, 0.3) is 5.56 Å². The summed E-state index contributed by atoms with van der Waals surface area (Å²) in [6.45, 7) is 4.98. The van der Waals surface area contributed by atoms with Gasteiger partial charge < -0.3 is 4.74 Å². The first-order valence-corrected chi connectivity index (χ1v) is 10.7. The van der Waals surface area contributed by atoms with Gasteiger partial charge in [-0.2, -0.15) is 9.78 Å². The summed E-state index contributed by atoms with van der Waals surface area (Å²) in [5.74, 6) is -0.742. The molecule has 0 aliphatic carbocycles. The van der Waals surface area contributed by atoms with Crippen LogP contribution in [0, 0.1) is 10.1 Å². The molecule has 0 bridgehead atoms. The van der Waals surface area contributed by atoms with E-state index in [0.717, 1.165) is 17.7 Å². The monoisotopic (exact) mass is 520 g/mol. The van der Waals surface area contributed by atoms with Crippen LogP contribution in [0.1, 0.15) is 44.5 Å². The van der Waals surface area contributed by atoms with Crippen molar-refractivity contribution in [3.8, 4) is 5.75 Å². The summed E-state index contributed by atoms with van der Waals surface area (Å²) in [7, 11) is 0. The van der Waals surface area contributed by atoms with Crippen LogP contribution >= 0.6 is 27.5 Å². The zero-order valence-corrected chi connectivity index (χ0v) is 19.7. The van der Waals surface area contributed by atoms with Crippen molar-refractivity contribution in [1.29, 1.82) is 0 Å². The summed E-state index contributed by atoms with van der Waals surface area (Å²) in [5.41, 5.74) is -0.313. The first kappa shape index (κ1) is 23.6. The molecule has 3 rings (SSSR count). The fourth-order valence-electron chi connectivity index (χ4n) is 2.99. The molecule has 166 valence electrons. The Balaban J connectivity index is 2.26. The third-order valence-electron chi connectivity index (χ3n) is 4.70. The Labute approximate surface area is 195 Å². The van der Waals surface area contributed by atoms with E-state index in [9.17, 15) is 19.7 Å². The quantitative estimate of drug-likeness (QED) is 0.147. The standard InChI is InChI=1S/C21H18BrClN4O5/c1-4-11(2)20-25-17-6-5-14(22)8-16(17)21(29)26(20)24-10-13-7-15(23)9-18(27(30)31)19(13)32-12(3)28/h5-11H,4H2,1-3H3/t11-/m0/s1. The van der Waals surface area contributed by atoms with Gasteiger partial charge in [0, 0.05) is 34.0 Å². The summed E-state index contributed by atoms with van der Waals surface area (Å²) < 4.78 is 6.91.